The van der Waals surface area contributed by atoms with Gasteiger partial charge in [0.15, 0.2) is 0 Å². The fourth-order valence-corrected chi connectivity index (χ4v) is 9.06. The van der Waals surface area contributed by atoms with Crippen LogP contribution in [0, 0.1) is 0 Å². The van der Waals surface area contributed by atoms with Crippen LogP contribution >= 0.6 is 0 Å². The Hall–Kier alpha value is -7.88. The van der Waals surface area contributed by atoms with Crippen LogP contribution in [0.25, 0.3) is 98.8 Å². The highest BCUT2D eigenvalue weighted by Crippen LogP contribution is 2.48. The molecule has 0 atom stereocenters. The lowest BCUT2D eigenvalue weighted by molar-refractivity contribution is 0.669. The van der Waals surface area contributed by atoms with Gasteiger partial charge in [-0.15, -0.1) is 0 Å². The Labute approximate surface area is 340 Å². The van der Waals surface area contributed by atoms with Crippen molar-refractivity contribution in [2.24, 2.45) is 0 Å². The Morgan fingerprint density at radius 2 is 0.864 bits per heavy atom. The second-order valence-electron chi connectivity index (χ2n) is 15.2. The molecule has 0 radical (unpaired) electrons. The molecule has 0 unspecified atom stereocenters. The molecule has 12 aromatic rings. The van der Waals surface area contributed by atoms with Gasteiger partial charge in [-0.1, -0.05) is 164 Å². The summed E-state index contributed by atoms with van der Waals surface area (Å²) in [6, 6.07) is 75.7. The summed E-state index contributed by atoms with van der Waals surface area (Å²) in [5, 5.41) is 9.24. The van der Waals surface area contributed by atoms with Crippen molar-refractivity contribution in [2.45, 2.75) is 0 Å². The Bertz CT molecular complexity index is 3550. The van der Waals surface area contributed by atoms with E-state index >= 15 is 0 Å². The minimum atomic E-state index is 0.848. The zero-order valence-electron chi connectivity index (χ0n) is 32.0. The zero-order chi connectivity index (χ0) is 38.9. The molecule has 0 bridgehead atoms. The Morgan fingerprint density at radius 3 is 1.71 bits per heavy atom. The minimum Gasteiger partial charge on any atom is -0.456 e. The van der Waals surface area contributed by atoms with Crippen LogP contribution in [-0.2, 0) is 0 Å². The van der Waals surface area contributed by atoms with Crippen LogP contribution in [0.3, 0.4) is 0 Å². The summed E-state index contributed by atoms with van der Waals surface area (Å²) >= 11 is 0. The number of para-hydroxylation sites is 3. The Balaban J connectivity index is 1.02. The topological polar surface area (TPSA) is 29.5 Å². The fourth-order valence-electron chi connectivity index (χ4n) is 9.06. The summed E-state index contributed by atoms with van der Waals surface area (Å²) in [5.74, 6) is 0. The van der Waals surface area contributed by atoms with Gasteiger partial charge in [-0.05, 0) is 92.3 Å². The standard InChI is InChI=1S/C56H35NO2/c1-2-14-41-35-54-49(34-40(41)13-1)47-21-10-20-46(56(47)59-54)45-17-5-7-22-50(45)57(51-23-11-25-53-55(51)48-18-6-8-24-52(48)58-53)42-32-30-37(31-33-42)36-26-28-39(29-27-36)44-19-9-15-38-12-3-4-16-43(38)44/h1-35H. The number of anilines is 3. The van der Waals surface area contributed by atoms with Crippen molar-refractivity contribution < 1.29 is 8.83 Å². The van der Waals surface area contributed by atoms with E-state index in [9.17, 15) is 0 Å². The first-order valence-electron chi connectivity index (χ1n) is 20.1. The van der Waals surface area contributed by atoms with E-state index in [0.717, 1.165) is 83.0 Å². The molecule has 59 heavy (non-hydrogen) atoms. The summed E-state index contributed by atoms with van der Waals surface area (Å²) in [6.45, 7) is 0. The van der Waals surface area contributed by atoms with Crippen LogP contribution in [0.1, 0.15) is 0 Å². The van der Waals surface area contributed by atoms with Crippen molar-refractivity contribution in [1.29, 1.82) is 0 Å². The van der Waals surface area contributed by atoms with Gasteiger partial charge < -0.3 is 13.7 Å². The van der Waals surface area contributed by atoms with E-state index in [2.05, 4.69) is 205 Å². The van der Waals surface area contributed by atoms with Crippen LogP contribution < -0.4 is 4.90 Å². The maximum absolute atomic E-state index is 6.80. The maximum atomic E-state index is 6.80. The third-order valence-corrected chi connectivity index (χ3v) is 11.9. The van der Waals surface area contributed by atoms with Gasteiger partial charge in [0.2, 0.25) is 0 Å². The van der Waals surface area contributed by atoms with Gasteiger partial charge in [-0.25, -0.2) is 0 Å². The van der Waals surface area contributed by atoms with Gasteiger partial charge in [-0.2, -0.15) is 0 Å². The number of nitrogens with zero attached hydrogens (tertiary/aromatic N) is 1. The van der Waals surface area contributed by atoms with Crippen LogP contribution in [0.5, 0.6) is 0 Å². The van der Waals surface area contributed by atoms with E-state index in [1.165, 1.54) is 32.8 Å². The van der Waals surface area contributed by atoms with E-state index in [1.54, 1.807) is 0 Å². The quantitative estimate of drug-likeness (QED) is 0.169. The van der Waals surface area contributed by atoms with E-state index < -0.39 is 0 Å². The summed E-state index contributed by atoms with van der Waals surface area (Å²) in [5.41, 5.74) is 13.5. The monoisotopic (exact) mass is 753 g/mol. The van der Waals surface area contributed by atoms with Gasteiger partial charge in [0, 0.05) is 33.0 Å². The molecule has 12 rings (SSSR count). The predicted octanol–water partition coefficient (Wildman–Crippen LogP) is 16.3. The van der Waals surface area contributed by atoms with Crippen LogP contribution in [-0.4, -0.2) is 0 Å². The summed E-state index contributed by atoms with van der Waals surface area (Å²) in [6.07, 6.45) is 0. The highest BCUT2D eigenvalue weighted by atomic mass is 16.3. The second kappa shape index (κ2) is 13.4. The number of rotatable bonds is 6. The van der Waals surface area contributed by atoms with Gasteiger partial charge in [0.05, 0.1) is 16.8 Å². The lowest BCUT2D eigenvalue weighted by Crippen LogP contribution is -2.11. The summed E-state index contributed by atoms with van der Waals surface area (Å²) in [4.78, 5) is 2.38. The average Bonchev–Trinajstić information content (AvgIpc) is 3.87. The van der Waals surface area contributed by atoms with Gasteiger partial charge in [0.1, 0.15) is 22.3 Å². The lowest BCUT2D eigenvalue weighted by Gasteiger charge is -2.28. The highest BCUT2D eigenvalue weighted by molar-refractivity contribution is 6.16. The number of hydrogen-bond donors (Lipinski definition) is 0. The number of benzene rings is 10. The van der Waals surface area contributed by atoms with Crippen molar-refractivity contribution in [2.75, 3.05) is 4.90 Å². The molecule has 3 nitrogen and oxygen atoms in total. The van der Waals surface area contributed by atoms with Gasteiger partial charge in [0.25, 0.3) is 0 Å². The van der Waals surface area contributed by atoms with E-state index in [4.69, 9.17) is 8.83 Å². The zero-order valence-corrected chi connectivity index (χ0v) is 32.0. The Morgan fingerprint density at radius 1 is 0.305 bits per heavy atom. The molecule has 276 valence electrons. The fraction of sp³-hybridized carbons (Fsp3) is 0. The molecule has 0 N–H and O–H groups in total. The molecule has 0 aliphatic rings. The van der Waals surface area contributed by atoms with E-state index in [0.29, 0.717) is 0 Å². The largest absolute Gasteiger partial charge is 0.456 e. The molecule has 0 saturated heterocycles. The molecule has 3 heteroatoms. The van der Waals surface area contributed by atoms with E-state index in [-0.39, 0.29) is 0 Å². The van der Waals surface area contributed by atoms with Crippen molar-refractivity contribution in [3.8, 4) is 33.4 Å². The molecule has 0 fully saturated rings. The van der Waals surface area contributed by atoms with Crippen LogP contribution in [0.15, 0.2) is 221 Å². The van der Waals surface area contributed by atoms with Crippen molar-refractivity contribution in [1.82, 2.24) is 0 Å². The number of hydrogen-bond acceptors (Lipinski definition) is 3. The Kier molecular flexibility index (Phi) is 7.54. The summed E-state index contributed by atoms with van der Waals surface area (Å²) in [7, 11) is 0. The molecule has 0 aliphatic carbocycles. The summed E-state index contributed by atoms with van der Waals surface area (Å²) < 4.78 is 13.3. The first-order chi connectivity index (χ1) is 29.2. The molecule has 0 spiro atoms. The van der Waals surface area contributed by atoms with Crippen LogP contribution in [0.2, 0.25) is 0 Å². The molecule has 2 aromatic heterocycles. The van der Waals surface area contributed by atoms with E-state index in [1.807, 2.05) is 12.1 Å². The molecule has 0 aliphatic heterocycles. The molecule has 0 saturated carbocycles. The number of furan rings is 2. The predicted molar refractivity (Wildman–Crippen MR) is 247 cm³/mol. The molecule has 2 heterocycles. The van der Waals surface area contributed by atoms with Crippen molar-refractivity contribution >= 4 is 82.5 Å². The average molecular weight is 754 g/mol. The van der Waals surface area contributed by atoms with Crippen molar-refractivity contribution in [3.63, 3.8) is 0 Å². The molecular weight excluding hydrogens is 719 g/mol. The highest BCUT2D eigenvalue weighted by Gasteiger charge is 2.23. The first kappa shape index (κ1) is 33.3. The third-order valence-electron chi connectivity index (χ3n) is 11.9. The van der Waals surface area contributed by atoms with Gasteiger partial charge in [-0.3, -0.25) is 0 Å². The molecule has 10 aromatic carbocycles. The SMILES string of the molecule is c1ccc(N(c2ccc(-c3ccc(-c4cccc5ccccc45)cc3)cc2)c2cccc3oc4ccccc4c23)c(-c2cccc3c2oc2cc4ccccc4cc23)c1. The first-order valence-corrected chi connectivity index (χ1v) is 20.1. The second-order valence-corrected chi connectivity index (χ2v) is 15.2. The maximum Gasteiger partial charge on any atom is 0.143 e. The molecular formula is C56H35NO2. The van der Waals surface area contributed by atoms with Gasteiger partial charge >= 0.3 is 0 Å². The smallest absolute Gasteiger partial charge is 0.143 e. The third kappa shape index (κ3) is 5.44. The molecule has 0 amide bonds. The normalized spacial score (nSPS) is 11.7. The lowest BCUT2D eigenvalue weighted by atomic mass is 9.96. The van der Waals surface area contributed by atoms with Crippen molar-refractivity contribution in [3.05, 3.63) is 212 Å². The van der Waals surface area contributed by atoms with Crippen LogP contribution in [0.4, 0.5) is 17.1 Å². The minimum absolute atomic E-state index is 0.848. The number of fused-ring (bicyclic) bond motifs is 8.